The Balaban J connectivity index is 1.83. The van der Waals surface area contributed by atoms with E-state index >= 15 is 0 Å². The summed E-state index contributed by atoms with van der Waals surface area (Å²) >= 11 is 0. The highest BCUT2D eigenvalue weighted by molar-refractivity contribution is 5.67. The molecule has 2 aromatic rings. The van der Waals surface area contributed by atoms with Crippen LogP contribution in [0.2, 0.25) is 0 Å². The van der Waals surface area contributed by atoms with E-state index in [1.165, 1.54) is 4.68 Å². The van der Waals surface area contributed by atoms with Gasteiger partial charge in [-0.3, -0.25) is 0 Å². The highest BCUT2D eigenvalue weighted by Gasteiger charge is 2.23. The number of carbonyl (C=O) groups is 1. The lowest BCUT2D eigenvalue weighted by Gasteiger charge is -2.18. The molecule has 0 saturated carbocycles. The summed E-state index contributed by atoms with van der Waals surface area (Å²) in [6, 6.07) is 8.75. The number of amides is 1. The van der Waals surface area contributed by atoms with Crippen LogP contribution in [-0.4, -0.2) is 37.4 Å². The minimum atomic E-state index is -1.02. The molecule has 8 nitrogen and oxygen atoms in total. The fourth-order valence-electron chi connectivity index (χ4n) is 1.74. The van der Waals surface area contributed by atoms with Gasteiger partial charge in [-0.05, 0) is 22.9 Å². The first-order valence-corrected chi connectivity index (χ1v) is 6.45. The zero-order chi connectivity index (χ0) is 15.2. The van der Waals surface area contributed by atoms with Gasteiger partial charge in [0.05, 0.1) is 6.04 Å². The van der Waals surface area contributed by atoms with Crippen LogP contribution >= 0.6 is 0 Å². The van der Waals surface area contributed by atoms with Crippen molar-refractivity contribution < 1.29 is 14.6 Å². The van der Waals surface area contributed by atoms with E-state index in [4.69, 9.17) is 4.74 Å². The third-order valence-electron chi connectivity index (χ3n) is 2.95. The number of aliphatic hydroxyl groups is 1. The second-order valence-electron chi connectivity index (χ2n) is 4.60. The van der Waals surface area contributed by atoms with Crippen molar-refractivity contribution in [3.8, 4) is 0 Å². The SMILES string of the molecule is C[C@H](NC(=O)OCc1ccccc1)[C@H](O)c1nnnn1C. The van der Waals surface area contributed by atoms with Gasteiger partial charge in [-0.15, -0.1) is 5.10 Å². The molecule has 0 saturated heterocycles. The summed E-state index contributed by atoms with van der Waals surface area (Å²) in [5.41, 5.74) is 0.887. The number of benzene rings is 1. The van der Waals surface area contributed by atoms with E-state index in [0.29, 0.717) is 0 Å². The Morgan fingerprint density at radius 1 is 1.43 bits per heavy atom. The van der Waals surface area contributed by atoms with E-state index < -0.39 is 18.2 Å². The van der Waals surface area contributed by atoms with Crippen LogP contribution in [0.1, 0.15) is 24.4 Å². The van der Waals surface area contributed by atoms with E-state index in [1.54, 1.807) is 14.0 Å². The molecule has 1 aromatic carbocycles. The molecule has 0 aliphatic rings. The van der Waals surface area contributed by atoms with Crippen LogP contribution in [0.5, 0.6) is 0 Å². The molecule has 1 heterocycles. The number of aromatic nitrogens is 4. The summed E-state index contributed by atoms with van der Waals surface area (Å²) in [6.45, 7) is 1.81. The maximum Gasteiger partial charge on any atom is 0.407 e. The lowest BCUT2D eigenvalue weighted by atomic mass is 10.2. The normalized spacial score (nSPS) is 13.5. The van der Waals surface area contributed by atoms with Crippen LogP contribution in [0.3, 0.4) is 0 Å². The minimum absolute atomic E-state index is 0.168. The largest absolute Gasteiger partial charge is 0.445 e. The fraction of sp³-hybridized carbons (Fsp3) is 0.385. The molecule has 1 amide bonds. The molecule has 0 radical (unpaired) electrons. The Kier molecular flexibility index (Phi) is 4.83. The Morgan fingerprint density at radius 3 is 2.76 bits per heavy atom. The molecule has 2 N–H and O–H groups in total. The van der Waals surface area contributed by atoms with Crippen molar-refractivity contribution >= 4 is 6.09 Å². The Bertz CT molecular complexity index is 587. The highest BCUT2D eigenvalue weighted by Crippen LogP contribution is 2.12. The number of ether oxygens (including phenoxy) is 1. The van der Waals surface area contributed by atoms with Gasteiger partial charge in [0.1, 0.15) is 12.7 Å². The highest BCUT2D eigenvalue weighted by atomic mass is 16.5. The minimum Gasteiger partial charge on any atom is -0.445 e. The summed E-state index contributed by atoms with van der Waals surface area (Å²) in [5, 5.41) is 23.4. The standard InChI is InChI=1S/C13H17N5O3/c1-9(11(19)12-15-16-17-18(12)2)14-13(20)21-8-10-6-4-3-5-7-10/h3-7,9,11,19H,8H2,1-2H3,(H,14,20)/t9-,11-/m0/s1. The number of alkyl carbamates (subject to hydrolysis) is 1. The Morgan fingerprint density at radius 2 is 2.14 bits per heavy atom. The third kappa shape index (κ3) is 3.99. The molecule has 2 rings (SSSR count). The Labute approximate surface area is 121 Å². The number of hydrogen-bond donors (Lipinski definition) is 2. The number of hydrogen-bond acceptors (Lipinski definition) is 6. The van der Waals surface area contributed by atoms with Crippen molar-refractivity contribution in [2.24, 2.45) is 7.05 Å². The maximum absolute atomic E-state index is 11.7. The summed E-state index contributed by atoms with van der Waals surface area (Å²) < 4.78 is 6.42. The molecular formula is C13H17N5O3. The zero-order valence-corrected chi connectivity index (χ0v) is 11.8. The summed E-state index contributed by atoms with van der Waals surface area (Å²) in [6.07, 6.45) is -1.63. The van der Waals surface area contributed by atoms with E-state index in [1.807, 2.05) is 30.3 Å². The zero-order valence-electron chi connectivity index (χ0n) is 11.8. The average Bonchev–Trinajstić information content (AvgIpc) is 2.91. The first-order chi connectivity index (χ1) is 10.1. The topological polar surface area (TPSA) is 102 Å². The van der Waals surface area contributed by atoms with Crippen molar-refractivity contribution in [1.82, 2.24) is 25.5 Å². The molecular weight excluding hydrogens is 274 g/mol. The summed E-state index contributed by atoms with van der Waals surface area (Å²) in [5.74, 6) is 0.269. The molecule has 112 valence electrons. The lowest BCUT2D eigenvalue weighted by molar-refractivity contribution is 0.100. The molecule has 8 heteroatoms. The van der Waals surface area contributed by atoms with Gasteiger partial charge in [0.25, 0.3) is 0 Å². The van der Waals surface area contributed by atoms with Crippen LogP contribution < -0.4 is 5.32 Å². The van der Waals surface area contributed by atoms with Crippen molar-refractivity contribution in [1.29, 1.82) is 0 Å². The molecule has 0 aliphatic heterocycles. The van der Waals surface area contributed by atoms with E-state index in [9.17, 15) is 9.90 Å². The van der Waals surface area contributed by atoms with Crippen molar-refractivity contribution in [2.75, 3.05) is 0 Å². The molecule has 1 aromatic heterocycles. The number of rotatable bonds is 5. The molecule has 2 atom stereocenters. The van der Waals surface area contributed by atoms with Crippen LogP contribution in [0.15, 0.2) is 30.3 Å². The monoisotopic (exact) mass is 291 g/mol. The van der Waals surface area contributed by atoms with E-state index in [-0.39, 0.29) is 12.4 Å². The molecule has 0 bridgehead atoms. The average molecular weight is 291 g/mol. The van der Waals surface area contributed by atoms with Gasteiger partial charge in [-0.25, -0.2) is 9.48 Å². The lowest BCUT2D eigenvalue weighted by Crippen LogP contribution is -2.38. The van der Waals surface area contributed by atoms with Gasteiger partial charge in [0.2, 0.25) is 0 Å². The number of aliphatic hydroxyl groups excluding tert-OH is 1. The van der Waals surface area contributed by atoms with E-state index in [0.717, 1.165) is 5.56 Å². The number of aryl methyl sites for hydroxylation is 1. The quantitative estimate of drug-likeness (QED) is 0.834. The predicted octanol–water partition coefficient (Wildman–Crippen LogP) is 0.558. The van der Waals surface area contributed by atoms with Gasteiger partial charge < -0.3 is 15.2 Å². The first kappa shape index (κ1) is 14.9. The van der Waals surface area contributed by atoms with Gasteiger partial charge >= 0.3 is 6.09 Å². The predicted molar refractivity (Wildman–Crippen MR) is 73.0 cm³/mol. The Hall–Kier alpha value is -2.48. The second-order valence-corrected chi connectivity index (χ2v) is 4.60. The van der Waals surface area contributed by atoms with Crippen LogP contribution in [0.4, 0.5) is 4.79 Å². The molecule has 0 aliphatic carbocycles. The number of nitrogens with one attached hydrogen (secondary N) is 1. The van der Waals surface area contributed by atoms with Gasteiger partial charge in [-0.1, -0.05) is 30.3 Å². The van der Waals surface area contributed by atoms with Gasteiger partial charge in [0.15, 0.2) is 5.82 Å². The van der Waals surface area contributed by atoms with Crippen LogP contribution in [0.25, 0.3) is 0 Å². The number of tetrazole rings is 1. The molecule has 0 unspecified atom stereocenters. The second kappa shape index (κ2) is 6.80. The molecule has 0 fully saturated rings. The first-order valence-electron chi connectivity index (χ1n) is 6.45. The van der Waals surface area contributed by atoms with Crippen LogP contribution in [-0.2, 0) is 18.4 Å². The van der Waals surface area contributed by atoms with Crippen LogP contribution in [0, 0.1) is 0 Å². The van der Waals surface area contributed by atoms with Crippen molar-refractivity contribution in [3.63, 3.8) is 0 Å². The summed E-state index contributed by atoms with van der Waals surface area (Å²) in [4.78, 5) is 11.7. The van der Waals surface area contributed by atoms with Crippen molar-refractivity contribution in [3.05, 3.63) is 41.7 Å². The smallest absolute Gasteiger partial charge is 0.407 e. The number of nitrogens with zero attached hydrogens (tertiary/aromatic N) is 4. The van der Waals surface area contributed by atoms with Gasteiger partial charge in [-0.2, -0.15) is 0 Å². The van der Waals surface area contributed by atoms with Crippen molar-refractivity contribution in [2.45, 2.75) is 25.7 Å². The molecule has 0 spiro atoms. The summed E-state index contributed by atoms with van der Waals surface area (Å²) in [7, 11) is 1.61. The third-order valence-corrected chi connectivity index (χ3v) is 2.95. The van der Waals surface area contributed by atoms with Gasteiger partial charge in [0, 0.05) is 7.05 Å². The maximum atomic E-state index is 11.7. The number of carbonyl (C=O) groups excluding carboxylic acids is 1. The fourth-order valence-corrected chi connectivity index (χ4v) is 1.74. The van der Waals surface area contributed by atoms with E-state index in [2.05, 4.69) is 20.8 Å². The molecule has 21 heavy (non-hydrogen) atoms.